The van der Waals surface area contributed by atoms with E-state index in [0.29, 0.717) is 6.42 Å². The molecule has 9 heavy (non-hydrogen) atoms. The molecule has 0 aliphatic heterocycles. The Bertz CT molecular complexity index is 60.9. The van der Waals surface area contributed by atoms with Gasteiger partial charge in [0.05, 0.1) is 6.61 Å². The Morgan fingerprint density at radius 1 is 1.56 bits per heavy atom. The van der Waals surface area contributed by atoms with Crippen LogP contribution in [-0.2, 0) is 4.74 Å². The molecule has 0 aliphatic rings. The summed E-state index contributed by atoms with van der Waals surface area (Å²) in [6.07, 6.45) is -1.48. The van der Waals surface area contributed by atoms with Gasteiger partial charge in [-0.25, -0.2) is 8.78 Å². The van der Waals surface area contributed by atoms with Crippen molar-refractivity contribution in [3.8, 4) is 0 Å². The van der Waals surface area contributed by atoms with Gasteiger partial charge < -0.3 is 9.84 Å². The maximum atomic E-state index is 11.8. The molecular weight excluding hydrogens is 130 g/mol. The van der Waals surface area contributed by atoms with Crippen LogP contribution < -0.4 is 0 Å². The predicted octanol–water partition coefficient (Wildman–Crippen LogP) is 0.650. The molecule has 2 nitrogen and oxygen atoms in total. The van der Waals surface area contributed by atoms with Gasteiger partial charge in [-0.05, 0) is 6.42 Å². The van der Waals surface area contributed by atoms with Crippen molar-refractivity contribution in [1.82, 2.24) is 0 Å². The fourth-order valence-electron chi connectivity index (χ4n) is 0.320. The van der Waals surface area contributed by atoms with Gasteiger partial charge in [-0.2, -0.15) is 0 Å². The highest BCUT2D eigenvalue weighted by Crippen LogP contribution is 1.94. The summed E-state index contributed by atoms with van der Waals surface area (Å²) in [5.74, 6) is 0. The zero-order chi connectivity index (χ0) is 7.11. The van der Waals surface area contributed by atoms with Crippen LogP contribution in [0.5, 0.6) is 0 Å². The van der Waals surface area contributed by atoms with E-state index in [2.05, 4.69) is 4.74 Å². The van der Waals surface area contributed by atoms with Gasteiger partial charge in [-0.3, -0.25) is 0 Å². The molecule has 4 heteroatoms. The van der Waals surface area contributed by atoms with Crippen molar-refractivity contribution in [2.75, 3.05) is 19.9 Å². The number of aliphatic hydroxyl groups excluding tert-OH is 1. The summed E-state index contributed by atoms with van der Waals surface area (Å²) in [5, 5.41) is 8.16. The van der Waals surface area contributed by atoms with E-state index in [9.17, 15) is 8.78 Å². The van der Waals surface area contributed by atoms with Gasteiger partial charge >= 0.3 is 0 Å². The second-order valence-electron chi connectivity index (χ2n) is 1.51. The molecule has 0 amide bonds. The molecular formula is C5H10F2O2. The first kappa shape index (κ1) is 8.78. The molecule has 1 unspecified atom stereocenters. The summed E-state index contributed by atoms with van der Waals surface area (Å²) in [7, 11) is 0. The second kappa shape index (κ2) is 5.91. The first-order valence-electron chi connectivity index (χ1n) is 2.73. The van der Waals surface area contributed by atoms with Crippen molar-refractivity contribution in [2.24, 2.45) is 0 Å². The smallest absolute Gasteiger partial charge is 0.227 e. The first-order chi connectivity index (χ1) is 4.31. The molecule has 0 aliphatic carbocycles. The number of halogens is 2. The summed E-state index contributed by atoms with van der Waals surface area (Å²) < 4.78 is 27.3. The molecule has 0 fully saturated rings. The van der Waals surface area contributed by atoms with E-state index in [1.54, 1.807) is 0 Å². The summed E-state index contributed by atoms with van der Waals surface area (Å²) >= 11 is 0. The minimum Gasteiger partial charge on any atom is -0.396 e. The zero-order valence-electron chi connectivity index (χ0n) is 5.02. The summed E-state index contributed by atoms with van der Waals surface area (Å²) in [6.45, 7) is -1.11. The van der Waals surface area contributed by atoms with Crippen molar-refractivity contribution in [2.45, 2.75) is 12.8 Å². The molecule has 56 valence electrons. The Labute approximate surface area is 52.4 Å². The van der Waals surface area contributed by atoms with Gasteiger partial charge in [-0.1, -0.05) is 0 Å². The van der Waals surface area contributed by atoms with Gasteiger partial charge in [-0.15, -0.1) is 0 Å². The van der Waals surface area contributed by atoms with Gasteiger partial charge in [0, 0.05) is 6.61 Å². The highest BCUT2D eigenvalue weighted by Gasteiger charge is 2.02. The van der Waals surface area contributed by atoms with Crippen molar-refractivity contribution in [1.29, 1.82) is 0 Å². The fourth-order valence-corrected chi connectivity index (χ4v) is 0.320. The largest absolute Gasteiger partial charge is 0.396 e. The summed E-state index contributed by atoms with van der Waals surface area (Å²) in [5.41, 5.74) is 0. The second-order valence-corrected chi connectivity index (χ2v) is 1.51. The lowest BCUT2D eigenvalue weighted by Crippen LogP contribution is -2.10. The van der Waals surface area contributed by atoms with Crippen LogP contribution in [-0.4, -0.2) is 31.4 Å². The van der Waals surface area contributed by atoms with Crippen molar-refractivity contribution >= 4 is 0 Å². The SMILES string of the molecule is OCCCOC(F)CF. The zero-order valence-corrected chi connectivity index (χ0v) is 5.02. The van der Waals surface area contributed by atoms with Crippen LogP contribution >= 0.6 is 0 Å². The minimum atomic E-state index is -1.82. The van der Waals surface area contributed by atoms with Crippen molar-refractivity contribution < 1.29 is 18.6 Å². The normalized spacial score (nSPS) is 13.7. The average Bonchev–Trinajstić information content (AvgIpc) is 1.89. The van der Waals surface area contributed by atoms with Gasteiger partial charge in [0.1, 0.15) is 6.67 Å². The van der Waals surface area contributed by atoms with Gasteiger partial charge in [0.25, 0.3) is 0 Å². The van der Waals surface area contributed by atoms with E-state index in [-0.39, 0.29) is 13.2 Å². The number of alkyl halides is 2. The Kier molecular flexibility index (Phi) is 5.76. The summed E-state index contributed by atoms with van der Waals surface area (Å²) in [6, 6.07) is 0. The number of rotatable bonds is 5. The van der Waals surface area contributed by atoms with Crippen molar-refractivity contribution in [3.63, 3.8) is 0 Å². The fraction of sp³-hybridized carbons (Fsp3) is 1.00. The highest BCUT2D eigenvalue weighted by atomic mass is 19.2. The number of hydrogen-bond donors (Lipinski definition) is 1. The van der Waals surface area contributed by atoms with Crippen LogP contribution in [0.4, 0.5) is 8.78 Å². The van der Waals surface area contributed by atoms with Crippen LogP contribution in [0, 0.1) is 0 Å². The van der Waals surface area contributed by atoms with Crippen LogP contribution in [0.15, 0.2) is 0 Å². The molecule has 1 atom stereocenters. The monoisotopic (exact) mass is 140 g/mol. The average molecular weight is 140 g/mol. The van der Waals surface area contributed by atoms with Crippen LogP contribution in [0.25, 0.3) is 0 Å². The number of ether oxygens (including phenoxy) is 1. The lowest BCUT2D eigenvalue weighted by Gasteiger charge is -2.02. The third kappa shape index (κ3) is 5.65. The lowest BCUT2D eigenvalue weighted by atomic mass is 10.5. The number of aliphatic hydroxyl groups is 1. The molecule has 0 saturated heterocycles. The maximum Gasteiger partial charge on any atom is 0.227 e. The van der Waals surface area contributed by atoms with Crippen molar-refractivity contribution in [3.05, 3.63) is 0 Å². The lowest BCUT2D eigenvalue weighted by molar-refractivity contribution is -0.0553. The first-order valence-corrected chi connectivity index (χ1v) is 2.73. The molecule has 0 rings (SSSR count). The topological polar surface area (TPSA) is 29.5 Å². The molecule has 0 aromatic rings. The molecule has 0 bridgehead atoms. The van der Waals surface area contributed by atoms with E-state index < -0.39 is 13.0 Å². The molecule has 0 saturated carbocycles. The minimum absolute atomic E-state index is 0.0565. The van der Waals surface area contributed by atoms with Gasteiger partial charge in [0.15, 0.2) is 0 Å². The molecule has 0 heterocycles. The molecule has 0 radical (unpaired) electrons. The van der Waals surface area contributed by atoms with E-state index in [1.807, 2.05) is 0 Å². The standard InChI is InChI=1S/C5H10F2O2/c6-4-5(7)9-3-1-2-8/h5,8H,1-4H2. The van der Waals surface area contributed by atoms with Crippen LogP contribution in [0.1, 0.15) is 6.42 Å². The maximum absolute atomic E-state index is 11.8. The third-order valence-corrected chi connectivity index (χ3v) is 0.722. The highest BCUT2D eigenvalue weighted by molar-refractivity contribution is 4.36. The molecule has 1 N–H and O–H groups in total. The predicted molar refractivity (Wildman–Crippen MR) is 28.5 cm³/mol. The molecule has 0 aromatic carbocycles. The van der Waals surface area contributed by atoms with E-state index in [0.717, 1.165) is 0 Å². The van der Waals surface area contributed by atoms with E-state index >= 15 is 0 Å². The number of hydrogen-bond acceptors (Lipinski definition) is 2. The van der Waals surface area contributed by atoms with Crippen LogP contribution in [0.3, 0.4) is 0 Å². The summed E-state index contributed by atoms with van der Waals surface area (Å²) in [4.78, 5) is 0. The molecule has 0 spiro atoms. The molecule has 0 aromatic heterocycles. The van der Waals surface area contributed by atoms with Crippen LogP contribution in [0.2, 0.25) is 0 Å². The Morgan fingerprint density at radius 2 is 2.22 bits per heavy atom. The van der Waals surface area contributed by atoms with E-state index in [1.165, 1.54) is 0 Å². The quantitative estimate of drug-likeness (QED) is 0.568. The van der Waals surface area contributed by atoms with E-state index in [4.69, 9.17) is 5.11 Å². The van der Waals surface area contributed by atoms with Gasteiger partial charge in [0.2, 0.25) is 6.36 Å². The Hall–Kier alpha value is -0.220. The third-order valence-electron chi connectivity index (χ3n) is 0.722. The Balaban J connectivity index is 2.88. The Morgan fingerprint density at radius 3 is 2.67 bits per heavy atom.